The van der Waals surface area contributed by atoms with Crippen LogP contribution >= 0.6 is 0 Å². The highest BCUT2D eigenvalue weighted by Crippen LogP contribution is 2.38. The van der Waals surface area contributed by atoms with Crippen molar-refractivity contribution in [3.05, 3.63) is 34.4 Å². The number of rotatable bonds is 2. The van der Waals surface area contributed by atoms with E-state index >= 15 is 0 Å². The minimum Gasteiger partial charge on any atom is -0.480 e. The molecule has 1 aromatic rings. The van der Waals surface area contributed by atoms with Crippen LogP contribution in [0.3, 0.4) is 0 Å². The van der Waals surface area contributed by atoms with Crippen molar-refractivity contribution in [2.24, 2.45) is 5.73 Å². The van der Waals surface area contributed by atoms with Gasteiger partial charge in [0.25, 0.3) is 0 Å². The molecule has 104 valence electrons. The molecule has 1 saturated carbocycles. The van der Waals surface area contributed by atoms with E-state index in [1.54, 1.807) is 0 Å². The summed E-state index contributed by atoms with van der Waals surface area (Å²) >= 11 is 0. The molecule has 1 aliphatic carbocycles. The second-order valence-electron chi connectivity index (χ2n) is 6.02. The van der Waals surface area contributed by atoms with Crippen molar-refractivity contribution in [1.29, 1.82) is 0 Å². The molecule has 0 aliphatic heterocycles. The summed E-state index contributed by atoms with van der Waals surface area (Å²) in [7, 11) is 0. The third-order valence-corrected chi connectivity index (χ3v) is 4.72. The van der Waals surface area contributed by atoms with Crippen molar-refractivity contribution < 1.29 is 9.90 Å². The van der Waals surface area contributed by atoms with Crippen molar-refractivity contribution in [1.82, 2.24) is 0 Å². The van der Waals surface area contributed by atoms with Gasteiger partial charge in [-0.3, -0.25) is 4.79 Å². The first-order valence-corrected chi connectivity index (χ1v) is 6.93. The van der Waals surface area contributed by atoms with Gasteiger partial charge in [0, 0.05) is 0 Å². The molecule has 0 atom stereocenters. The van der Waals surface area contributed by atoms with Gasteiger partial charge in [0.2, 0.25) is 0 Å². The monoisotopic (exact) mass is 261 g/mol. The van der Waals surface area contributed by atoms with Gasteiger partial charge in [-0.05, 0) is 74.6 Å². The largest absolute Gasteiger partial charge is 0.480 e. The quantitative estimate of drug-likeness (QED) is 0.860. The zero-order valence-corrected chi connectivity index (χ0v) is 12.0. The van der Waals surface area contributed by atoms with Crippen LogP contribution in [0, 0.1) is 20.8 Å². The maximum absolute atomic E-state index is 11.1. The Bertz CT molecular complexity index is 476. The summed E-state index contributed by atoms with van der Waals surface area (Å²) < 4.78 is 0. The Morgan fingerprint density at radius 3 is 2.11 bits per heavy atom. The molecule has 2 rings (SSSR count). The van der Waals surface area contributed by atoms with E-state index in [4.69, 9.17) is 10.8 Å². The number of nitrogens with two attached hydrogens (primary N) is 1. The molecule has 0 spiro atoms. The summed E-state index contributed by atoms with van der Waals surface area (Å²) in [5, 5.41) is 9.15. The van der Waals surface area contributed by atoms with Gasteiger partial charge in [-0.1, -0.05) is 12.1 Å². The normalized spacial score (nSPS) is 27.3. The van der Waals surface area contributed by atoms with Crippen LogP contribution < -0.4 is 5.73 Å². The number of hydrogen-bond donors (Lipinski definition) is 2. The molecular formula is C16H23NO2. The molecule has 0 saturated heterocycles. The van der Waals surface area contributed by atoms with Crippen LogP contribution in [-0.2, 0) is 4.79 Å². The molecule has 1 aromatic carbocycles. The van der Waals surface area contributed by atoms with E-state index in [-0.39, 0.29) is 0 Å². The molecule has 3 nitrogen and oxygen atoms in total. The summed E-state index contributed by atoms with van der Waals surface area (Å²) in [6.07, 6.45) is 2.87. The SMILES string of the molecule is Cc1cc(C2CCC(N)(C(=O)O)CC2)cc(C)c1C. The average molecular weight is 261 g/mol. The van der Waals surface area contributed by atoms with Crippen molar-refractivity contribution >= 4 is 5.97 Å². The Balaban J connectivity index is 2.16. The smallest absolute Gasteiger partial charge is 0.323 e. The first-order chi connectivity index (χ1) is 8.83. The van der Waals surface area contributed by atoms with E-state index in [1.165, 1.54) is 22.3 Å². The molecule has 0 amide bonds. The fraction of sp³-hybridized carbons (Fsp3) is 0.562. The fourth-order valence-electron chi connectivity index (χ4n) is 2.99. The first kappa shape index (κ1) is 14.1. The average Bonchev–Trinajstić information content (AvgIpc) is 2.36. The molecule has 3 heteroatoms. The molecule has 1 aliphatic rings. The van der Waals surface area contributed by atoms with Gasteiger partial charge in [0.15, 0.2) is 0 Å². The number of carboxylic acids is 1. The second kappa shape index (κ2) is 4.97. The molecular weight excluding hydrogens is 238 g/mol. The van der Waals surface area contributed by atoms with Gasteiger partial charge >= 0.3 is 5.97 Å². The van der Waals surface area contributed by atoms with E-state index in [0.717, 1.165) is 12.8 Å². The summed E-state index contributed by atoms with van der Waals surface area (Å²) in [5.74, 6) is -0.406. The molecule has 3 N–H and O–H groups in total. The van der Waals surface area contributed by atoms with Crippen LogP contribution in [0.25, 0.3) is 0 Å². The van der Waals surface area contributed by atoms with Crippen molar-refractivity contribution in [2.75, 3.05) is 0 Å². The van der Waals surface area contributed by atoms with Crippen molar-refractivity contribution in [2.45, 2.75) is 57.9 Å². The summed E-state index contributed by atoms with van der Waals surface area (Å²) in [4.78, 5) is 11.1. The lowest BCUT2D eigenvalue weighted by molar-refractivity contribution is -0.144. The zero-order chi connectivity index (χ0) is 14.2. The highest BCUT2D eigenvalue weighted by atomic mass is 16.4. The minimum atomic E-state index is -1.01. The van der Waals surface area contributed by atoms with Gasteiger partial charge in [0.1, 0.15) is 5.54 Å². The number of carboxylic acid groups (broad SMARTS) is 1. The number of carbonyl (C=O) groups is 1. The summed E-state index contributed by atoms with van der Waals surface area (Å²) in [6, 6.07) is 4.49. The Labute approximate surface area is 114 Å². The Morgan fingerprint density at radius 2 is 1.68 bits per heavy atom. The number of hydrogen-bond acceptors (Lipinski definition) is 2. The highest BCUT2D eigenvalue weighted by molar-refractivity contribution is 5.78. The lowest BCUT2D eigenvalue weighted by Gasteiger charge is -2.34. The van der Waals surface area contributed by atoms with Crippen LogP contribution in [-0.4, -0.2) is 16.6 Å². The molecule has 0 radical (unpaired) electrons. The number of aliphatic carboxylic acids is 1. The van der Waals surface area contributed by atoms with Gasteiger partial charge < -0.3 is 10.8 Å². The van der Waals surface area contributed by atoms with Crippen LogP contribution in [0.2, 0.25) is 0 Å². The van der Waals surface area contributed by atoms with E-state index in [9.17, 15) is 4.79 Å². The maximum atomic E-state index is 11.1. The molecule has 0 heterocycles. The van der Waals surface area contributed by atoms with Gasteiger partial charge in [-0.15, -0.1) is 0 Å². The van der Waals surface area contributed by atoms with E-state index in [1.807, 2.05) is 0 Å². The summed E-state index contributed by atoms with van der Waals surface area (Å²) in [6.45, 7) is 6.42. The van der Waals surface area contributed by atoms with E-state index in [0.29, 0.717) is 18.8 Å². The lowest BCUT2D eigenvalue weighted by atomic mass is 9.74. The topological polar surface area (TPSA) is 63.3 Å². The van der Waals surface area contributed by atoms with Crippen molar-refractivity contribution in [3.63, 3.8) is 0 Å². The Hall–Kier alpha value is -1.35. The third-order valence-electron chi connectivity index (χ3n) is 4.72. The summed E-state index contributed by atoms with van der Waals surface area (Å²) in [5.41, 5.74) is 10.2. The number of benzene rings is 1. The first-order valence-electron chi connectivity index (χ1n) is 6.93. The van der Waals surface area contributed by atoms with Gasteiger partial charge in [0.05, 0.1) is 0 Å². The van der Waals surface area contributed by atoms with Crippen LogP contribution in [0.15, 0.2) is 12.1 Å². The van der Waals surface area contributed by atoms with Crippen molar-refractivity contribution in [3.8, 4) is 0 Å². The predicted octanol–water partition coefficient (Wildman–Crippen LogP) is 3.05. The predicted molar refractivity (Wildman–Crippen MR) is 76.4 cm³/mol. The fourth-order valence-corrected chi connectivity index (χ4v) is 2.99. The Morgan fingerprint density at radius 1 is 1.21 bits per heavy atom. The molecule has 1 fully saturated rings. The van der Waals surface area contributed by atoms with Gasteiger partial charge in [-0.25, -0.2) is 0 Å². The minimum absolute atomic E-state index is 0.453. The van der Waals surface area contributed by atoms with E-state index < -0.39 is 11.5 Å². The van der Waals surface area contributed by atoms with E-state index in [2.05, 4.69) is 32.9 Å². The molecule has 0 unspecified atom stereocenters. The van der Waals surface area contributed by atoms with Crippen LogP contribution in [0.1, 0.15) is 53.9 Å². The van der Waals surface area contributed by atoms with Crippen LogP contribution in [0.4, 0.5) is 0 Å². The zero-order valence-electron chi connectivity index (χ0n) is 12.0. The lowest BCUT2D eigenvalue weighted by Crippen LogP contribution is -2.50. The maximum Gasteiger partial charge on any atom is 0.323 e. The number of aryl methyl sites for hydroxylation is 2. The van der Waals surface area contributed by atoms with Gasteiger partial charge in [-0.2, -0.15) is 0 Å². The van der Waals surface area contributed by atoms with Crippen LogP contribution in [0.5, 0.6) is 0 Å². The standard InChI is InChI=1S/C16H23NO2/c1-10-8-14(9-11(2)12(10)3)13-4-6-16(17,7-5-13)15(18)19/h8-9,13H,4-7,17H2,1-3H3,(H,18,19). The highest BCUT2D eigenvalue weighted by Gasteiger charge is 2.38. The molecule has 0 bridgehead atoms. The molecule has 19 heavy (non-hydrogen) atoms. The third kappa shape index (κ3) is 2.66. The molecule has 0 aromatic heterocycles. The Kier molecular flexibility index (Phi) is 3.68. The second-order valence-corrected chi connectivity index (χ2v) is 6.02.